The molecule has 102 valence electrons. The highest BCUT2D eigenvalue weighted by Crippen LogP contribution is 2.30. The second-order valence-electron chi connectivity index (χ2n) is 3.98. The monoisotopic (exact) mass is 281 g/mol. The minimum absolute atomic E-state index is 0.206. The molecular weight excluding hydrogens is 267 g/mol. The van der Waals surface area contributed by atoms with Gasteiger partial charge in [-0.3, -0.25) is 0 Å². The number of rotatable bonds is 5. The molecule has 18 heavy (non-hydrogen) atoms. The van der Waals surface area contributed by atoms with Gasteiger partial charge in [0.2, 0.25) is 0 Å². The molecule has 0 saturated carbocycles. The Balaban J connectivity index is 2.67. The van der Waals surface area contributed by atoms with Gasteiger partial charge in [0.25, 0.3) is 0 Å². The first-order valence-corrected chi connectivity index (χ1v) is 5.79. The van der Waals surface area contributed by atoms with Crippen LogP contribution in [0.2, 0.25) is 0 Å². The van der Waals surface area contributed by atoms with E-state index in [9.17, 15) is 13.2 Å². The number of anilines is 1. The molecule has 0 bridgehead atoms. The van der Waals surface area contributed by atoms with Gasteiger partial charge >= 0.3 is 6.18 Å². The summed E-state index contributed by atoms with van der Waals surface area (Å²) in [5.41, 5.74) is 0.0312. The molecule has 0 fully saturated rings. The third-order valence-corrected chi connectivity index (χ3v) is 2.72. The van der Waals surface area contributed by atoms with Gasteiger partial charge in [0.05, 0.1) is 17.5 Å². The maximum Gasteiger partial charge on any atom is 0.416 e. The molecule has 1 unspecified atom stereocenters. The van der Waals surface area contributed by atoms with Crippen molar-refractivity contribution in [2.24, 2.45) is 0 Å². The first-order valence-electron chi connectivity index (χ1n) is 5.36. The maximum absolute atomic E-state index is 12.4. The van der Waals surface area contributed by atoms with Gasteiger partial charge in [-0.25, -0.2) is 0 Å². The Labute approximate surface area is 109 Å². The smallest absolute Gasteiger partial charge is 0.383 e. The second-order valence-corrected chi connectivity index (χ2v) is 4.59. The average Bonchev–Trinajstić information content (AvgIpc) is 2.28. The largest absolute Gasteiger partial charge is 0.416 e. The molecule has 2 nitrogen and oxygen atoms in total. The molecule has 1 rings (SSSR count). The summed E-state index contributed by atoms with van der Waals surface area (Å²) in [7, 11) is 3.32. The van der Waals surface area contributed by atoms with Crippen LogP contribution < -0.4 is 4.90 Å². The molecule has 0 aliphatic heterocycles. The van der Waals surface area contributed by atoms with Crippen LogP contribution in [0.25, 0.3) is 0 Å². The fourth-order valence-corrected chi connectivity index (χ4v) is 1.87. The Morgan fingerprint density at radius 2 is 1.83 bits per heavy atom. The highest BCUT2D eigenvalue weighted by atomic mass is 35.5. The van der Waals surface area contributed by atoms with Gasteiger partial charge in [0, 0.05) is 26.4 Å². The Bertz CT molecular complexity index is 367. The normalized spacial score (nSPS) is 13.4. The van der Waals surface area contributed by atoms with Crippen LogP contribution >= 0.6 is 11.6 Å². The molecule has 0 saturated heterocycles. The molecule has 1 atom stereocenters. The van der Waals surface area contributed by atoms with Gasteiger partial charge in [0.1, 0.15) is 0 Å². The van der Waals surface area contributed by atoms with Crippen LogP contribution in [0.1, 0.15) is 5.56 Å². The lowest BCUT2D eigenvalue weighted by Crippen LogP contribution is -2.28. The van der Waals surface area contributed by atoms with Gasteiger partial charge in [-0.2, -0.15) is 13.2 Å². The van der Waals surface area contributed by atoms with Gasteiger partial charge in [-0.15, -0.1) is 11.6 Å². The quantitative estimate of drug-likeness (QED) is 0.767. The predicted octanol–water partition coefficient (Wildman–Crippen LogP) is 3.40. The molecular formula is C12H15ClF3NO. The number of halogens is 4. The molecule has 0 heterocycles. The Morgan fingerprint density at radius 1 is 1.28 bits per heavy atom. The Morgan fingerprint density at radius 3 is 2.28 bits per heavy atom. The lowest BCUT2D eigenvalue weighted by atomic mass is 10.2. The molecule has 0 radical (unpaired) electrons. The average molecular weight is 282 g/mol. The number of hydrogen-bond acceptors (Lipinski definition) is 2. The predicted molar refractivity (Wildman–Crippen MR) is 66.2 cm³/mol. The number of alkyl halides is 4. The lowest BCUT2D eigenvalue weighted by molar-refractivity contribution is -0.137. The first-order chi connectivity index (χ1) is 8.34. The van der Waals surface area contributed by atoms with E-state index < -0.39 is 11.7 Å². The van der Waals surface area contributed by atoms with Gasteiger partial charge in [-0.1, -0.05) is 0 Å². The maximum atomic E-state index is 12.4. The fourth-order valence-electron chi connectivity index (χ4n) is 1.54. The summed E-state index contributed by atoms with van der Waals surface area (Å²) in [5, 5.41) is -0.206. The van der Waals surface area contributed by atoms with E-state index in [2.05, 4.69) is 0 Å². The standard InChI is InChI=1S/C12H15ClF3NO/c1-17(7-10(13)8-18-2)11-5-3-9(4-6-11)12(14,15)16/h3-6,10H,7-8H2,1-2H3. The molecule has 6 heteroatoms. The van der Waals surface area contributed by atoms with Crippen LogP contribution in [-0.2, 0) is 10.9 Å². The van der Waals surface area contributed by atoms with E-state index in [0.29, 0.717) is 18.8 Å². The van der Waals surface area contributed by atoms with Crippen molar-refractivity contribution >= 4 is 17.3 Å². The molecule has 0 spiro atoms. The summed E-state index contributed by atoms with van der Waals surface area (Å²) in [6.07, 6.45) is -4.30. The summed E-state index contributed by atoms with van der Waals surface area (Å²) in [6.45, 7) is 0.896. The second kappa shape index (κ2) is 6.29. The summed E-state index contributed by atoms with van der Waals surface area (Å²) < 4.78 is 42.0. The van der Waals surface area contributed by atoms with Crippen LogP contribution in [0, 0.1) is 0 Å². The fraction of sp³-hybridized carbons (Fsp3) is 0.500. The SMILES string of the molecule is COCC(Cl)CN(C)c1ccc(C(F)(F)F)cc1. The lowest BCUT2D eigenvalue weighted by Gasteiger charge is -2.22. The van der Waals surface area contributed by atoms with E-state index in [0.717, 1.165) is 12.1 Å². The third-order valence-electron chi connectivity index (χ3n) is 2.45. The number of benzene rings is 1. The number of methoxy groups -OCH3 is 1. The van der Waals surface area contributed by atoms with Crippen molar-refractivity contribution in [3.8, 4) is 0 Å². The highest BCUT2D eigenvalue weighted by Gasteiger charge is 2.30. The number of nitrogens with zero attached hydrogens (tertiary/aromatic N) is 1. The molecule has 0 N–H and O–H groups in total. The minimum atomic E-state index is -4.30. The van der Waals surface area contributed by atoms with Crippen LogP contribution in [0.5, 0.6) is 0 Å². The van der Waals surface area contributed by atoms with Crippen molar-refractivity contribution in [3.63, 3.8) is 0 Å². The van der Waals surface area contributed by atoms with Crippen molar-refractivity contribution < 1.29 is 17.9 Å². The van der Waals surface area contributed by atoms with E-state index >= 15 is 0 Å². The molecule has 1 aromatic carbocycles. The summed E-state index contributed by atoms with van der Waals surface area (Å²) in [6, 6.07) is 4.98. The highest BCUT2D eigenvalue weighted by molar-refractivity contribution is 6.21. The van der Waals surface area contributed by atoms with E-state index in [1.54, 1.807) is 19.1 Å². The first kappa shape index (κ1) is 15.1. The van der Waals surface area contributed by atoms with E-state index in [1.807, 2.05) is 0 Å². The summed E-state index contributed by atoms with van der Waals surface area (Å²) in [5.74, 6) is 0. The van der Waals surface area contributed by atoms with E-state index in [1.165, 1.54) is 12.1 Å². The zero-order chi connectivity index (χ0) is 13.8. The van der Waals surface area contributed by atoms with Gasteiger partial charge in [0.15, 0.2) is 0 Å². The van der Waals surface area contributed by atoms with Crippen LogP contribution in [0.3, 0.4) is 0 Å². The molecule has 1 aromatic rings. The van der Waals surface area contributed by atoms with Crippen LogP contribution in [0.4, 0.5) is 18.9 Å². The van der Waals surface area contributed by atoms with E-state index in [-0.39, 0.29) is 5.38 Å². The summed E-state index contributed by atoms with van der Waals surface area (Å²) >= 11 is 5.98. The Kier molecular flexibility index (Phi) is 5.28. The van der Waals surface area contributed by atoms with Crippen molar-refractivity contribution in [2.45, 2.75) is 11.6 Å². The van der Waals surface area contributed by atoms with Gasteiger partial charge in [-0.05, 0) is 24.3 Å². The Hall–Kier alpha value is -0.940. The van der Waals surface area contributed by atoms with Crippen LogP contribution in [-0.4, -0.2) is 32.7 Å². The summed E-state index contributed by atoms with van der Waals surface area (Å²) in [4.78, 5) is 1.79. The van der Waals surface area contributed by atoms with Crippen LogP contribution in [0.15, 0.2) is 24.3 Å². The zero-order valence-corrected chi connectivity index (χ0v) is 10.9. The molecule has 0 aromatic heterocycles. The molecule has 0 amide bonds. The number of hydrogen-bond donors (Lipinski definition) is 0. The molecule has 0 aliphatic carbocycles. The topological polar surface area (TPSA) is 12.5 Å². The van der Waals surface area contributed by atoms with Crippen molar-refractivity contribution in [1.82, 2.24) is 0 Å². The minimum Gasteiger partial charge on any atom is -0.383 e. The van der Waals surface area contributed by atoms with Crippen molar-refractivity contribution in [3.05, 3.63) is 29.8 Å². The molecule has 0 aliphatic rings. The van der Waals surface area contributed by atoms with E-state index in [4.69, 9.17) is 16.3 Å². The van der Waals surface area contributed by atoms with Crippen molar-refractivity contribution in [2.75, 3.05) is 32.2 Å². The number of ether oxygens (including phenoxy) is 1. The third kappa shape index (κ3) is 4.38. The zero-order valence-electron chi connectivity index (χ0n) is 10.2. The van der Waals surface area contributed by atoms with Crippen molar-refractivity contribution in [1.29, 1.82) is 0 Å². The van der Waals surface area contributed by atoms with Gasteiger partial charge < -0.3 is 9.64 Å².